The molecule has 0 fully saturated rings. The van der Waals surface area contributed by atoms with Gasteiger partial charge < -0.3 is 16.8 Å². The standard InChI is InChI=1S/C18H18N6O4S2/c19-13-4-8-15(9-5-13)30(27,28)24-18(20)22-14-6-10-16(11-7-14)29(25,26)23-17-3-1-2-12-21-17/h1-12H,19H2,(H,21,23)(H3,20,22,24). The van der Waals surface area contributed by atoms with Gasteiger partial charge >= 0.3 is 0 Å². The van der Waals surface area contributed by atoms with Crippen molar-refractivity contribution in [1.82, 2.24) is 4.98 Å². The van der Waals surface area contributed by atoms with E-state index in [1.807, 2.05) is 0 Å². The summed E-state index contributed by atoms with van der Waals surface area (Å²) in [6, 6.07) is 15.8. The third kappa shape index (κ3) is 5.24. The highest BCUT2D eigenvalue weighted by molar-refractivity contribution is 7.92. The Balaban J connectivity index is 1.73. The van der Waals surface area contributed by atoms with E-state index in [9.17, 15) is 16.8 Å². The molecule has 0 aliphatic rings. The minimum absolute atomic E-state index is 0.0105. The summed E-state index contributed by atoms with van der Waals surface area (Å²) in [5.41, 5.74) is 12.0. The van der Waals surface area contributed by atoms with Gasteiger partial charge in [-0.05, 0) is 60.7 Å². The summed E-state index contributed by atoms with van der Waals surface area (Å²) < 4.78 is 55.2. The molecule has 3 aromatic rings. The summed E-state index contributed by atoms with van der Waals surface area (Å²) in [5, 5.41) is 2.60. The lowest BCUT2D eigenvalue weighted by atomic mass is 10.3. The van der Waals surface area contributed by atoms with Gasteiger partial charge in [0.15, 0.2) is 0 Å². The van der Waals surface area contributed by atoms with Crippen LogP contribution in [0, 0.1) is 0 Å². The highest BCUT2D eigenvalue weighted by Crippen LogP contribution is 2.18. The number of guanidine groups is 1. The molecule has 12 heteroatoms. The van der Waals surface area contributed by atoms with Crippen LogP contribution in [0.25, 0.3) is 0 Å². The number of hydrogen-bond acceptors (Lipinski definition) is 6. The average molecular weight is 447 g/mol. The molecule has 1 heterocycles. The first-order valence-electron chi connectivity index (χ1n) is 8.43. The minimum atomic E-state index is -4.03. The summed E-state index contributed by atoms with van der Waals surface area (Å²) in [4.78, 5) is 3.83. The highest BCUT2D eigenvalue weighted by atomic mass is 32.2. The second-order valence-corrected chi connectivity index (χ2v) is 9.28. The summed E-state index contributed by atoms with van der Waals surface area (Å²) in [7, 11) is -7.87. The number of nitrogens with one attached hydrogen (secondary N) is 2. The number of sulfonamides is 2. The van der Waals surface area contributed by atoms with E-state index in [1.165, 1.54) is 60.8 Å². The molecule has 0 saturated carbocycles. The number of nitrogen functional groups attached to an aromatic ring is 1. The number of pyridine rings is 1. The molecular weight excluding hydrogens is 428 g/mol. The van der Waals surface area contributed by atoms with E-state index < -0.39 is 20.0 Å². The number of benzene rings is 2. The minimum Gasteiger partial charge on any atom is -0.399 e. The number of nitrogens with zero attached hydrogens (tertiary/aromatic N) is 2. The van der Waals surface area contributed by atoms with Crippen LogP contribution in [0.1, 0.15) is 0 Å². The first-order chi connectivity index (χ1) is 14.2. The van der Waals surface area contributed by atoms with Gasteiger partial charge in [-0.3, -0.25) is 4.72 Å². The summed E-state index contributed by atoms with van der Waals surface area (Å²) >= 11 is 0. The third-order valence-electron chi connectivity index (χ3n) is 3.74. The lowest BCUT2D eigenvalue weighted by Gasteiger charge is -2.09. The molecule has 0 aliphatic heterocycles. The van der Waals surface area contributed by atoms with Gasteiger partial charge in [0.1, 0.15) is 5.82 Å². The number of aromatic nitrogens is 1. The van der Waals surface area contributed by atoms with Crippen LogP contribution in [-0.2, 0) is 20.0 Å². The fraction of sp³-hybridized carbons (Fsp3) is 0. The Bertz CT molecular complexity index is 1260. The molecule has 10 nitrogen and oxygen atoms in total. The van der Waals surface area contributed by atoms with Crippen LogP contribution >= 0.6 is 0 Å². The molecule has 1 aromatic heterocycles. The van der Waals surface area contributed by atoms with Crippen LogP contribution in [0.4, 0.5) is 17.2 Å². The summed E-state index contributed by atoms with van der Waals surface area (Å²) in [6.07, 6.45) is 1.46. The molecule has 30 heavy (non-hydrogen) atoms. The summed E-state index contributed by atoms with van der Waals surface area (Å²) in [5.74, 6) is -0.196. The van der Waals surface area contributed by atoms with Crippen molar-refractivity contribution < 1.29 is 16.8 Å². The maximum atomic E-state index is 12.4. The first-order valence-corrected chi connectivity index (χ1v) is 11.3. The predicted octanol–water partition coefficient (Wildman–Crippen LogP) is 1.58. The Morgan fingerprint density at radius 3 is 2.10 bits per heavy atom. The van der Waals surface area contributed by atoms with Crippen molar-refractivity contribution in [3.05, 3.63) is 72.9 Å². The molecule has 0 bridgehead atoms. The maximum absolute atomic E-state index is 12.4. The van der Waals surface area contributed by atoms with Gasteiger partial charge in [-0.15, -0.1) is 4.40 Å². The van der Waals surface area contributed by atoms with Crippen LogP contribution in [0.3, 0.4) is 0 Å². The van der Waals surface area contributed by atoms with Crippen LogP contribution in [-0.4, -0.2) is 27.8 Å². The number of hydrogen-bond donors (Lipinski definition) is 4. The first kappa shape index (κ1) is 21.1. The van der Waals surface area contributed by atoms with Gasteiger partial charge in [0.2, 0.25) is 5.96 Å². The van der Waals surface area contributed by atoms with E-state index in [0.717, 1.165) is 0 Å². The Morgan fingerprint density at radius 2 is 1.50 bits per heavy atom. The van der Waals surface area contributed by atoms with E-state index in [0.29, 0.717) is 11.4 Å². The van der Waals surface area contributed by atoms with Crippen molar-refractivity contribution in [3.8, 4) is 0 Å². The molecule has 6 N–H and O–H groups in total. The smallest absolute Gasteiger partial charge is 0.285 e. The number of anilines is 3. The van der Waals surface area contributed by atoms with Crippen molar-refractivity contribution >= 4 is 43.2 Å². The molecule has 0 aliphatic carbocycles. The lowest BCUT2D eigenvalue weighted by Crippen LogP contribution is -2.24. The largest absolute Gasteiger partial charge is 0.399 e. The zero-order chi connectivity index (χ0) is 21.8. The van der Waals surface area contributed by atoms with Crippen molar-refractivity contribution in [3.63, 3.8) is 0 Å². The molecule has 2 aromatic carbocycles. The monoisotopic (exact) mass is 446 g/mol. The van der Waals surface area contributed by atoms with Crippen LogP contribution in [0.2, 0.25) is 0 Å². The van der Waals surface area contributed by atoms with E-state index in [-0.39, 0.29) is 21.6 Å². The Kier molecular flexibility index (Phi) is 5.89. The molecular formula is C18H18N6O4S2. The van der Waals surface area contributed by atoms with Crippen LogP contribution < -0.4 is 21.5 Å². The van der Waals surface area contributed by atoms with Gasteiger partial charge in [0.05, 0.1) is 9.79 Å². The molecule has 0 radical (unpaired) electrons. The molecule has 0 spiro atoms. The molecule has 0 atom stereocenters. The third-order valence-corrected chi connectivity index (χ3v) is 6.41. The topological polar surface area (TPSA) is 170 Å². The maximum Gasteiger partial charge on any atom is 0.285 e. The molecule has 0 saturated heterocycles. The second kappa shape index (κ2) is 8.39. The van der Waals surface area contributed by atoms with E-state index in [4.69, 9.17) is 11.5 Å². The van der Waals surface area contributed by atoms with E-state index in [2.05, 4.69) is 19.4 Å². The molecule has 0 unspecified atom stereocenters. The molecule has 0 amide bonds. The second-order valence-electron chi connectivity index (χ2n) is 5.99. The van der Waals surface area contributed by atoms with Crippen molar-refractivity contribution in [2.24, 2.45) is 10.1 Å². The average Bonchev–Trinajstić information content (AvgIpc) is 2.68. The zero-order valence-electron chi connectivity index (χ0n) is 15.4. The highest BCUT2D eigenvalue weighted by Gasteiger charge is 2.16. The van der Waals surface area contributed by atoms with Crippen molar-refractivity contribution in [1.29, 1.82) is 0 Å². The quantitative estimate of drug-likeness (QED) is 0.251. The molecule has 156 valence electrons. The predicted molar refractivity (Wildman–Crippen MR) is 115 cm³/mol. The molecule has 3 rings (SSSR count). The van der Waals surface area contributed by atoms with E-state index >= 15 is 0 Å². The Hall–Kier alpha value is -3.64. The summed E-state index contributed by atoms with van der Waals surface area (Å²) in [6.45, 7) is 0. The normalized spacial score (nSPS) is 12.3. The van der Waals surface area contributed by atoms with Gasteiger partial charge in [-0.1, -0.05) is 6.07 Å². The van der Waals surface area contributed by atoms with Crippen LogP contribution in [0.5, 0.6) is 0 Å². The van der Waals surface area contributed by atoms with Crippen molar-refractivity contribution in [2.45, 2.75) is 9.79 Å². The van der Waals surface area contributed by atoms with Crippen molar-refractivity contribution in [2.75, 3.05) is 15.8 Å². The SMILES string of the molecule is N/C(=N\S(=O)(=O)c1ccc(N)cc1)Nc1ccc(S(=O)(=O)Nc2ccccn2)cc1. The van der Waals surface area contributed by atoms with E-state index in [1.54, 1.807) is 12.1 Å². The van der Waals surface area contributed by atoms with Crippen LogP contribution in [0.15, 0.2) is 87.1 Å². The zero-order valence-corrected chi connectivity index (χ0v) is 17.1. The number of nitrogens with two attached hydrogens (primary N) is 2. The fourth-order valence-corrected chi connectivity index (χ4v) is 4.23. The Morgan fingerprint density at radius 1 is 0.867 bits per heavy atom. The fourth-order valence-electron chi connectivity index (χ4n) is 2.33. The van der Waals surface area contributed by atoms with Gasteiger partial charge in [-0.2, -0.15) is 8.42 Å². The van der Waals surface area contributed by atoms with Gasteiger partial charge in [-0.25, -0.2) is 13.4 Å². The lowest BCUT2D eigenvalue weighted by molar-refractivity contribution is 0.597. The Labute approximate surface area is 173 Å². The number of rotatable bonds is 6. The van der Waals surface area contributed by atoms with Gasteiger partial charge in [0, 0.05) is 17.6 Å². The van der Waals surface area contributed by atoms with Gasteiger partial charge in [0.25, 0.3) is 20.0 Å².